The third-order valence-corrected chi connectivity index (χ3v) is 6.31. The number of nitro benzene ring substituents is 1. The van der Waals surface area contributed by atoms with Crippen molar-refractivity contribution in [3.63, 3.8) is 0 Å². The Morgan fingerprint density at radius 2 is 1.78 bits per heavy atom. The summed E-state index contributed by atoms with van der Waals surface area (Å²) in [7, 11) is 0. The van der Waals surface area contributed by atoms with Gasteiger partial charge in [0.25, 0.3) is 5.69 Å². The number of hydrogen-bond donors (Lipinski definition) is 1. The van der Waals surface area contributed by atoms with Gasteiger partial charge in [-0.1, -0.05) is 6.92 Å². The van der Waals surface area contributed by atoms with Crippen molar-refractivity contribution >= 4 is 35.0 Å². The van der Waals surface area contributed by atoms with Crippen LogP contribution in [-0.4, -0.2) is 47.8 Å². The van der Waals surface area contributed by atoms with E-state index in [1.165, 1.54) is 18.2 Å². The van der Waals surface area contributed by atoms with Crippen molar-refractivity contribution in [2.45, 2.75) is 26.7 Å². The molecule has 0 radical (unpaired) electrons. The zero-order chi connectivity index (χ0) is 26.4. The molecule has 1 aromatic heterocycles. The van der Waals surface area contributed by atoms with Crippen LogP contribution in [-0.2, 0) is 9.59 Å². The van der Waals surface area contributed by atoms with E-state index in [0.717, 1.165) is 49.4 Å². The second-order valence-corrected chi connectivity index (χ2v) is 8.95. The number of piperazine rings is 1. The van der Waals surface area contributed by atoms with Gasteiger partial charge in [0.1, 0.15) is 11.5 Å². The number of carbonyl (C=O) groups is 2. The Bertz CT molecular complexity index is 1300. The van der Waals surface area contributed by atoms with Crippen LogP contribution in [0.5, 0.6) is 0 Å². The monoisotopic (exact) mass is 502 g/mol. The first-order chi connectivity index (χ1) is 17.8. The van der Waals surface area contributed by atoms with E-state index in [1.807, 2.05) is 36.1 Å². The summed E-state index contributed by atoms with van der Waals surface area (Å²) >= 11 is 0. The SMILES string of the molecule is CCCC(=O)N1CCN(c2ccc(NC(=O)/C=C/c3ccc(-c4ccc([N+](=O)[O-])cc4C)o3)cc2)CC1. The van der Waals surface area contributed by atoms with Crippen LogP contribution in [0.1, 0.15) is 31.1 Å². The van der Waals surface area contributed by atoms with E-state index in [1.54, 1.807) is 31.2 Å². The molecular weight excluding hydrogens is 472 g/mol. The Kier molecular flexibility index (Phi) is 8.02. The number of hydrogen-bond acceptors (Lipinski definition) is 6. The molecule has 2 heterocycles. The summed E-state index contributed by atoms with van der Waals surface area (Å²) in [5.74, 6) is 0.995. The fraction of sp³-hybridized carbons (Fsp3) is 0.286. The third-order valence-electron chi connectivity index (χ3n) is 6.31. The number of non-ortho nitro benzene ring substituents is 1. The molecule has 0 bridgehead atoms. The molecule has 1 saturated heterocycles. The van der Waals surface area contributed by atoms with E-state index in [0.29, 0.717) is 23.6 Å². The van der Waals surface area contributed by atoms with Crippen molar-refractivity contribution in [1.82, 2.24) is 4.90 Å². The van der Waals surface area contributed by atoms with Gasteiger partial charge in [0.05, 0.1) is 4.92 Å². The van der Waals surface area contributed by atoms with Crippen molar-refractivity contribution in [2.24, 2.45) is 0 Å². The minimum Gasteiger partial charge on any atom is -0.457 e. The number of nitro groups is 1. The standard InChI is InChI=1S/C28H30N4O5/c1-3-4-28(34)31-17-15-30(16-18-31)22-7-5-21(6-8-22)29-27(33)14-11-24-10-13-26(37-24)25-12-9-23(32(35)36)19-20(25)2/h5-14,19H,3-4,15-18H2,1-2H3,(H,29,33)/b14-11+. The number of nitrogens with zero attached hydrogens (tertiary/aromatic N) is 3. The van der Waals surface area contributed by atoms with Crippen molar-refractivity contribution in [1.29, 1.82) is 0 Å². The lowest BCUT2D eigenvalue weighted by molar-refractivity contribution is -0.384. The lowest BCUT2D eigenvalue weighted by Gasteiger charge is -2.36. The smallest absolute Gasteiger partial charge is 0.269 e. The van der Waals surface area contributed by atoms with E-state index in [4.69, 9.17) is 4.42 Å². The Morgan fingerprint density at radius 1 is 1.05 bits per heavy atom. The maximum atomic E-state index is 12.4. The van der Waals surface area contributed by atoms with Gasteiger partial charge in [-0.2, -0.15) is 0 Å². The minimum absolute atomic E-state index is 0.0269. The van der Waals surface area contributed by atoms with Crippen LogP contribution in [0, 0.1) is 17.0 Å². The van der Waals surface area contributed by atoms with Crippen LogP contribution in [0.4, 0.5) is 17.1 Å². The molecule has 3 aromatic rings. The zero-order valence-electron chi connectivity index (χ0n) is 21.0. The van der Waals surface area contributed by atoms with Crippen LogP contribution in [0.2, 0.25) is 0 Å². The molecule has 9 nitrogen and oxygen atoms in total. The number of rotatable bonds is 8. The molecular formula is C28H30N4O5. The lowest BCUT2D eigenvalue weighted by atomic mass is 10.1. The van der Waals surface area contributed by atoms with Crippen molar-refractivity contribution < 1.29 is 18.9 Å². The predicted octanol–water partition coefficient (Wildman–Crippen LogP) is 5.26. The maximum Gasteiger partial charge on any atom is 0.269 e. The zero-order valence-corrected chi connectivity index (χ0v) is 21.0. The van der Waals surface area contributed by atoms with E-state index in [9.17, 15) is 19.7 Å². The fourth-order valence-electron chi connectivity index (χ4n) is 4.31. The van der Waals surface area contributed by atoms with E-state index in [-0.39, 0.29) is 17.5 Å². The topological polar surface area (TPSA) is 109 Å². The summed E-state index contributed by atoms with van der Waals surface area (Å²) in [6.45, 7) is 6.82. The van der Waals surface area contributed by atoms with E-state index >= 15 is 0 Å². The summed E-state index contributed by atoms with van der Waals surface area (Å²) < 4.78 is 5.80. The molecule has 2 aromatic carbocycles. The van der Waals surface area contributed by atoms with Gasteiger partial charge in [0.15, 0.2) is 0 Å². The number of nitrogens with one attached hydrogen (secondary N) is 1. The number of carbonyl (C=O) groups excluding carboxylic acids is 2. The first kappa shape index (κ1) is 25.7. The second-order valence-electron chi connectivity index (χ2n) is 8.95. The number of benzene rings is 2. The molecule has 1 aliphatic rings. The van der Waals surface area contributed by atoms with Gasteiger partial charge in [0, 0.05) is 67.7 Å². The summed E-state index contributed by atoms with van der Waals surface area (Å²) in [6, 6.07) is 15.8. The first-order valence-electron chi connectivity index (χ1n) is 12.3. The fourth-order valence-corrected chi connectivity index (χ4v) is 4.31. The maximum absolute atomic E-state index is 12.4. The third kappa shape index (κ3) is 6.43. The molecule has 0 saturated carbocycles. The summed E-state index contributed by atoms with van der Waals surface area (Å²) in [5, 5.41) is 13.8. The Hall–Kier alpha value is -4.40. The Morgan fingerprint density at radius 3 is 2.43 bits per heavy atom. The molecule has 0 spiro atoms. The Balaban J connectivity index is 1.31. The average molecular weight is 503 g/mol. The summed E-state index contributed by atoms with van der Waals surface area (Å²) in [6.07, 6.45) is 4.44. The number of aryl methyl sites for hydroxylation is 1. The molecule has 0 atom stereocenters. The van der Waals surface area contributed by atoms with E-state index in [2.05, 4.69) is 10.2 Å². The second kappa shape index (κ2) is 11.6. The van der Waals surface area contributed by atoms with Crippen LogP contribution in [0.25, 0.3) is 17.4 Å². The van der Waals surface area contributed by atoms with Crippen LogP contribution < -0.4 is 10.2 Å². The highest BCUT2D eigenvalue weighted by atomic mass is 16.6. The van der Waals surface area contributed by atoms with Gasteiger partial charge in [-0.3, -0.25) is 19.7 Å². The van der Waals surface area contributed by atoms with Crippen LogP contribution in [0.15, 0.2) is 65.1 Å². The highest BCUT2D eigenvalue weighted by Gasteiger charge is 2.20. The molecule has 2 amide bonds. The van der Waals surface area contributed by atoms with Crippen molar-refractivity contribution in [2.75, 3.05) is 36.4 Å². The van der Waals surface area contributed by atoms with Crippen LogP contribution in [0.3, 0.4) is 0 Å². The van der Waals surface area contributed by atoms with Gasteiger partial charge in [-0.05, 0) is 67.4 Å². The summed E-state index contributed by atoms with van der Waals surface area (Å²) in [4.78, 5) is 39.2. The van der Waals surface area contributed by atoms with Crippen LogP contribution >= 0.6 is 0 Å². The molecule has 4 rings (SSSR count). The normalized spacial score (nSPS) is 13.7. The first-order valence-corrected chi connectivity index (χ1v) is 12.3. The molecule has 0 aliphatic carbocycles. The van der Waals surface area contributed by atoms with E-state index < -0.39 is 4.92 Å². The largest absolute Gasteiger partial charge is 0.457 e. The van der Waals surface area contributed by atoms with Crippen molar-refractivity contribution in [3.8, 4) is 11.3 Å². The number of amides is 2. The van der Waals surface area contributed by atoms with Gasteiger partial charge in [0.2, 0.25) is 11.8 Å². The minimum atomic E-state index is -0.433. The van der Waals surface area contributed by atoms with Gasteiger partial charge >= 0.3 is 0 Å². The molecule has 192 valence electrons. The van der Waals surface area contributed by atoms with Gasteiger partial charge in [-0.25, -0.2) is 0 Å². The van der Waals surface area contributed by atoms with Gasteiger partial charge < -0.3 is 19.5 Å². The molecule has 1 aliphatic heterocycles. The molecule has 37 heavy (non-hydrogen) atoms. The van der Waals surface area contributed by atoms with Crippen molar-refractivity contribution in [3.05, 3.63) is 82.1 Å². The number of furan rings is 1. The molecule has 1 N–H and O–H groups in total. The summed E-state index contributed by atoms with van der Waals surface area (Å²) in [5.41, 5.74) is 3.24. The molecule has 1 fully saturated rings. The quantitative estimate of drug-likeness (QED) is 0.256. The number of anilines is 2. The van der Waals surface area contributed by atoms with Gasteiger partial charge in [-0.15, -0.1) is 0 Å². The molecule has 9 heteroatoms. The highest BCUT2D eigenvalue weighted by Crippen LogP contribution is 2.29. The molecule has 0 unspecified atom stereocenters. The predicted molar refractivity (Wildman–Crippen MR) is 143 cm³/mol. The Labute approximate surface area is 215 Å². The average Bonchev–Trinajstić information content (AvgIpc) is 3.37. The lowest BCUT2D eigenvalue weighted by Crippen LogP contribution is -2.48. The highest BCUT2D eigenvalue weighted by molar-refractivity contribution is 6.01.